The van der Waals surface area contributed by atoms with Crippen LogP contribution < -0.4 is 10.2 Å². The van der Waals surface area contributed by atoms with Gasteiger partial charge in [0.05, 0.1) is 17.0 Å². The van der Waals surface area contributed by atoms with Crippen LogP contribution in [0, 0.1) is 5.92 Å². The molecule has 1 N–H and O–H groups in total. The van der Waals surface area contributed by atoms with Gasteiger partial charge in [0.1, 0.15) is 0 Å². The summed E-state index contributed by atoms with van der Waals surface area (Å²) in [4.78, 5) is 45.7. The van der Waals surface area contributed by atoms with Gasteiger partial charge in [0.25, 0.3) is 5.91 Å². The second-order valence-electron chi connectivity index (χ2n) is 5.61. The van der Waals surface area contributed by atoms with Crippen molar-refractivity contribution in [2.45, 2.75) is 13.0 Å². The number of rotatable bonds is 6. The minimum Gasteiger partial charge on any atom is -0.337 e. The maximum absolute atomic E-state index is 12.6. The Morgan fingerprint density at radius 1 is 1.27 bits per heavy atom. The molecule has 0 saturated carbocycles. The van der Waals surface area contributed by atoms with E-state index >= 15 is 0 Å². The largest absolute Gasteiger partial charge is 0.337 e. The lowest BCUT2D eigenvalue weighted by Gasteiger charge is -2.29. The van der Waals surface area contributed by atoms with Crippen molar-refractivity contribution in [2.24, 2.45) is 10.9 Å². The molecule has 2 heterocycles. The number of imide groups is 2. The molecule has 3 rings (SSSR count). The number of urea groups is 1. The van der Waals surface area contributed by atoms with Gasteiger partial charge in [-0.2, -0.15) is 0 Å². The van der Waals surface area contributed by atoms with Gasteiger partial charge in [-0.25, -0.2) is 14.7 Å². The molecule has 0 unspecified atom stereocenters. The van der Waals surface area contributed by atoms with E-state index in [9.17, 15) is 14.4 Å². The summed E-state index contributed by atoms with van der Waals surface area (Å²) in [6.07, 6.45) is 7.24. The average molecular weight is 374 g/mol. The molecular formula is C17H16ClN5O3. The third kappa shape index (κ3) is 3.80. The molecule has 4 amide bonds. The van der Waals surface area contributed by atoms with Crippen molar-refractivity contribution in [3.63, 3.8) is 0 Å². The highest BCUT2D eigenvalue weighted by atomic mass is 35.5. The Hall–Kier alpha value is -3.00. The molecule has 0 aliphatic carbocycles. The number of para-hydroxylation sites is 1. The highest BCUT2D eigenvalue weighted by Gasteiger charge is 2.40. The topological polar surface area (TPSA) is 96.7 Å². The van der Waals surface area contributed by atoms with Crippen LogP contribution in [-0.4, -0.2) is 40.2 Å². The molecule has 2 aromatic rings. The van der Waals surface area contributed by atoms with Crippen LogP contribution in [0.5, 0.6) is 0 Å². The lowest BCUT2D eigenvalue weighted by atomic mass is 10.1. The number of aryl methyl sites for hydroxylation is 1. The van der Waals surface area contributed by atoms with Crippen molar-refractivity contribution in [1.82, 2.24) is 14.9 Å². The van der Waals surface area contributed by atoms with Crippen molar-refractivity contribution >= 4 is 41.3 Å². The van der Waals surface area contributed by atoms with Gasteiger partial charge in [0.2, 0.25) is 5.91 Å². The number of benzene rings is 1. The minimum atomic E-state index is -1.17. The van der Waals surface area contributed by atoms with Crippen LogP contribution in [0.1, 0.15) is 6.42 Å². The SMILES string of the molecule is O=C1NC(=O)N(c2ccccc2Cl)C(=O)[C@@H]1C=NCCCn1ccnc1. The quantitative estimate of drug-likeness (QED) is 0.475. The fourth-order valence-electron chi connectivity index (χ4n) is 2.53. The molecule has 1 atom stereocenters. The first-order chi connectivity index (χ1) is 12.6. The molecule has 9 heteroatoms. The fraction of sp³-hybridized carbons (Fsp3) is 0.235. The number of hydrogen-bond donors (Lipinski definition) is 1. The number of amides is 4. The number of carbonyl (C=O) groups is 3. The van der Waals surface area contributed by atoms with Crippen LogP contribution in [0.15, 0.2) is 48.0 Å². The minimum absolute atomic E-state index is 0.225. The summed E-state index contributed by atoms with van der Waals surface area (Å²) >= 11 is 6.07. The van der Waals surface area contributed by atoms with Crippen LogP contribution in [0.2, 0.25) is 5.02 Å². The number of aliphatic imine (C=N–C) groups is 1. The molecule has 0 radical (unpaired) electrons. The van der Waals surface area contributed by atoms with Crippen LogP contribution in [0.25, 0.3) is 0 Å². The zero-order valence-corrected chi connectivity index (χ0v) is 14.5. The van der Waals surface area contributed by atoms with E-state index in [0.29, 0.717) is 6.54 Å². The van der Waals surface area contributed by atoms with Crippen LogP contribution in [0.4, 0.5) is 10.5 Å². The van der Waals surface area contributed by atoms with Crippen molar-refractivity contribution < 1.29 is 14.4 Å². The molecule has 1 aliphatic heterocycles. The highest BCUT2D eigenvalue weighted by molar-refractivity contribution is 6.38. The first-order valence-electron chi connectivity index (χ1n) is 7.97. The number of nitrogens with zero attached hydrogens (tertiary/aromatic N) is 4. The molecular weight excluding hydrogens is 358 g/mol. The number of imidazole rings is 1. The summed E-state index contributed by atoms with van der Waals surface area (Å²) in [6, 6.07) is 5.61. The van der Waals surface area contributed by atoms with Gasteiger partial charge in [-0.05, 0) is 18.6 Å². The molecule has 0 spiro atoms. The first kappa shape index (κ1) is 17.8. The monoisotopic (exact) mass is 373 g/mol. The van der Waals surface area contributed by atoms with E-state index in [4.69, 9.17) is 11.6 Å². The van der Waals surface area contributed by atoms with Crippen molar-refractivity contribution in [1.29, 1.82) is 0 Å². The highest BCUT2D eigenvalue weighted by Crippen LogP contribution is 2.28. The summed E-state index contributed by atoms with van der Waals surface area (Å²) in [5, 5.41) is 2.40. The van der Waals surface area contributed by atoms with E-state index in [2.05, 4.69) is 15.3 Å². The average Bonchev–Trinajstić information content (AvgIpc) is 3.12. The standard InChI is InChI=1S/C17H16ClN5O3/c18-13-4-1-2-5-14(13)23-16(25)12(15(24)21-17(23)26)10-19-6-3-8-22-9-7-20-11-22/h1-2,4-5,7,9-12H,3,6,8H2,(H,21,24,26)/t12-/m1/s1. The molecule has 1 aromatic heterocycles. The Bertz CT molecular complexity index is 850. The summed E-state index contributed by atoms with van der Waals surface area (Å²) in [5.41, 5.74) is 0.225. The third-order valence-electron chi connectivity index (χ3n) is 3.81. The second-order valence-corrected chi connectivity index (χ2v) is 6.01. The van der Waals surface area contributed by atoms with Crippen molar-refractivity contribution in [3.05, 3.63) is 48.0 Å². The summed E-state index contributed by atoms with van der Waals surface area (Å²) in [6.45, 7) is 1.17. The molecule has 1 saturated heterocycles. The number of hydrogen-bond acceptors (Lipinski definition) is 5. The van der Waals surface area contributed by atoms with Crippen LogP contribution >= 0.6 is 11.6 Å². The van der Waals surface area contributed by atoms with E-state index in [-0.39, 0.29) is 10.7 Å². The van der Waals surface area contributed by atoms with Crippen molar-refractivity contribution in [2.75, 3.05) is 11.4 Å². The van der Waals surface area contributed by atoms with E-state index in [0.717, 1.165) is 17.9 Å². The van der Waals surface area contributed by atoms with Gasteiger partial charge in [-0.1, -0.05) is 23.7 Å². The Labute approximate surface area is 154 Å². The van der Waals surface area contributed by atoms with Gasteiger partial charge in [-0.3, -0.25) is 19.9 Å². The number of barbiturate groups is 1. The second kappa shape index (κ2) is 7.92. The lowest BCUT2D eigenvalue weighted by molar-refractivity contribution is -0.131. The number of nitrogens with one attached hydrogen (secondary N) is 1. The first-order valence-corrected chi connectivity index (χ1v) is 8.34. The third-order valence-corrected chi connectivity index (χ3v) is 4.13. The molecule has 8 nitrogen and oxygen atoms in total. The van der Waals surface area contributed by atoms with E-state index in [1.807, 2.05) is 10.8 Å². The Morgan fingerprint density at radius 2 is 2.08 bits per heavy atom. The molecule has 0 bridgehead atoms. The Kier molecular flexibility index (Phi) is 5.43. The maximum Gasteiger partial charge on any atom is 0.335 e. The Balaban J connectivity index is 1.67. The van der Waals surface area contributed by atoms with Crippen molar-refractivity contribution in [3.8, 4) is 0 Å². The predicted octanol–water partition coefficient (Wildman–Crippen LogP) is 1.90. The van der Waals surface area contributed by atoms with Gasteiger partial charge in [-0.15, -0.1) is 0 Å². The van der Waals surface area contributed by atoms with E-state index < -0.39 is 23.8 Å². The smallest absolute Gasteiger partial charge is 0.335 e. The van der Waals surface area contributed by atoms with Gasteiger partial charge < -0.3 is 4.57 Å². The summed E-state index contributed by atoms with van der Waals surface area (Å²) < 4.78 is 1.91. The Morgan fingerprint density at radius 3 is 2.81 bits per heavy atom. The molecule has 1 aliphatic rings. The normalized spacial score (nSPS) is 17.8. The van der Waals surface area contributed by atoms with Gasteiger partial charge in [0, 0.05) is 31.7 Å². The zero-order valence-electron chi connectivity index (χ0n) is 13.7. The lowest BCUT2D eigenvalue weighted by Crippen LogP contribution is -2.58. The molecule has 1 fully saturated rings. The summed E-state index contributed by atoms with van der Waals surface area (Å²) in [5.74, 6) is -2.54. The summed E-state index contributed by atoms with van der Waals surface area (Å²) in [7, 11) is 0. The number of carbonyl (C=O) groups excluding carboxylic acids is 3. The van der Waals surface area contributed by atoms with Crippen LogP contribution in [-0.2, 0) is 16.1 Å². The predicted molar refractivity (Wildman–Crippen MR) is 96.2 cm³/mol. The molecule has 134 valence electrons. The maximum atomic E-state index is 12.6. The zero-order chi connectivity index (χ0) is 18.5. The van der Waals surface area contributed by atoms with E-state index in [1.54, 1.807) is 30.7 Å². The molecule has 26 heavy (non-hydrogen) atoms. The molecule has 1 aromatic carbocycles. The van der Waals surface area contributed by atoms with E-state index in [1.165, 1.54) is 12.3 Å². The number of anilines is 1. The van der Waals surface area contributed by atoms with Gasteiger partial charge in [0.15, 0.2) is 5.92 Å². The van der Waals surface area contributed by atoms with Gasteiger partial charge >= 0.3 is 6.03 Å². The fourth-order valence-corrected chi connectivity index (χ4v) is 2.75. The number of halogens is 1. The number of aromatic nitrogens is 2. The van der Waals surface area contributed by atoms with Crippen LogP contribution in [0.3, 0.4) is 0 Å².